The van der Waals surface area contributed by atoms with Crippen LogP contribution in [0.1, 0.15) is 70.6 Å². The molecule has 7 nitrogen and oxygen atoms in total. The van der Waals surface area contributed by atoms with Gasteiger partial charge in [-0.1, -0.05) is 24.4 Å². The zero-order valence-corrected chi connectivity index (χ0v) is 23.6. The number of piperidine rings is 3. The largest absolute Gasteiger partial charge is 0.441 e. The predicted octanol–water partition coefficient (Wildman–Crippen LogP) is 5.82. The Labute approximate surface area is 233 Å². The Bertz CT molecular complexity index is 1120. The Morgan fingerprint density at radius 2 is 1.59 bits per heavy atom. The van der Waals surface area contributed by atoms with Gasteiger partial charge in [-0.25, -0.2) is 13.2 Å². The van der Waals surface area contributed by atoms with Crippen LogP contribution in [0.15, 0.2) is 29.2 Å². The van der Waals surface area contributed by atoms with Crippen molar-refractivity contribution >= 4 is 27.7 Å². The zero-order valence-electron chi connectivity index (χ0n) is 22.0. The lowest BCUT2D eigenvalue weighted by molar-refractivity contribution is -0.150. The molecule has 0 spiro atoms. The molecule has 12 heteroatoms. The first-order valence-corrected chi connectivity index (χ1v) is 15.9. The van der Waals surface area contributed by atoms with Crippen LogP contribution in [0.3, 0.4) is 0 Å². The fraction of sp³-hybridized carbons (Fsp3) is 0.741. The number of hydrogen-bond donors (Lipinski definition) is 0. The number of benzene rings is 1. The molecule has 1 aliphatic carbocycles. The van der Waals surface area contributed by atoms with E-state index in [1.165, 1.54) is 43.5 Å². The highest BCUT2D eigenvalue weighted by Crippen LogP contribution is 2.51. The minimum atomic E-state index is -4.54. The van der Waals surface area contributed by atoms with Crippen LogP contribution in [0.25, 0.3) is 0 Å². The van der Waals surface area contributed by atoms with Gasteiger partial charge in [-0.05, 0) is 88.7 Å². The molecule has 0 radical (unpaired) electrons. The Hall–Kier alpha value is -1.56. The van der Waals surface area contributed by atoms with Gasteiger partial charge in [0.05, 0.1) is 17.4 Å². The molecule has 0 unspecified atom stereocenters. The van der Waals surface area contributed by atoms with E-state index in [4.69, 9.17) is 16.3 Å². The Balaban J connectivity index is 1.33. The molecular formula is C27H37ClF3N3O4S. The van der Waals surface area contributed by atoms with Gasteiger partial charge in [0.15, 0.2) is 0 Å². The summed E-state index contributed by atoms with van der Waals surface area (Å²) >= 11 is 5.94. The summed E-state index contributed by atoms with van der Waals surface area (Å²) in [6, 6.07) is 3.78. The van der Waals surface area contributed by atoms with E-state index < -0.39 is 46.4 Å². The van der Waals surface area contributed by atoms with E-state index in [0.29, 0.717) is 49.8 Å². The second kappa shape index (κ2) is 11.4. The summed E-state index contributed by atoms with van der Waals surface area (Å²) in [5.41, 5.74) is -1.11. The van der Waals surface area contributed by atoms with Crippen LogP contribution >= 0.6 is 11.6 Å². The molecule has 3 saturated heterocycles. The quantitative estimate of drug-likeness (QED) is 0.417. The van der Waals surface area contributed by atoms with Gasteiger partial charge in [-0.15, -0.1) is 0 Å². The van der Waals surface area contributed by atoms with E-state index in [0.717, 1.165) is 30.2 Å². The highest BCUT2D eigenvalue weighted by Gasteiger charge is 2.60. The summed E-state index contributed by atoms with van der Waals surface area (Å²) in [5.74, 6) is 0. The standard InChI is InChI=1S/C27H37ClF3N3O4S/c28-20-7-9-23(10-8-20)39(36,37)34-22(19-27(29,30)31)5-4-6-24(34)26(13-14-26)38-25(35)33-17-11-21(12-18-33)32-15-2-1-3-16-32/h7-10,21-22,24H,1-6,11-19H2/t22-,24+/m0/s1. The number of likely N-dealkylation sites (tertiary alicyclic amines) is 2. The fourth-order valence-electron chi connectivity index (χ4n) is 6.66. The summed E-state index contributed by atoms with van der Waals surface area (Å²) < 4.78 is 75.4. The molecule has 0 N–H and O–H groups in total. The topological polar surface area (TPSA) is 70.2 Å². The lowest BCUT2D eigenvalue weighted by atomic mass is 9.92. The van der Waals surface area contributed by atoms with Gasteiger partial charge in [0.1, 0.15) is 5.60 Å². The average molecular weight is 592 g/mol. The fourth-order valence-corrected chi connectivity index (χ4v) is 8.72. The average Bonchev–Trinajstić information content (AvgIpc) is 3.69. The first-order valence-electron chi connectivity index (χ1n) is 14.1. The summed E-state index contributed by atoms with van der Waals surface area (Å²) in [6.07, 6.45) is 0.835. The van der Waals surface area contributed by atoms with Crippen LogP contribution in [0.4, 0.5) is 18.0 Å². The molecule has 4 fully saturated rings. The number of alkyl halides is 3. The minimum Gasteiger partial charge on any atom is -0.441 e. The Kier molecular flexibility index (Phi) is 8.44. The van der Waals surface area contributed by atoms with Crippen molar-refractivity contribution in [1.82, 2.24) is 14.1 Å². The molecule has 4 aliphatic rings. The summed E-state index contributed by atoms with van der Waals surface area (Å²) in [5, 5.41) is 0.327. The van der Waals surface area contributed by atoms with E-state index in [2.05, 4.69) is 4.90 Å². The third-order valence-corrected chi connectivity index (χ3v) is 11.0. The van der Waals surface area contributed by atoms with Gasteiger partial charge in [0.25, 0.3) is 0 Å². The maximum atomic E-state index is 13.8. The minimum absolute atomic E-state index is 0.0941. The predicted molar refractivity (Wildman–Crippen MR) is 141 cm³/mol. The van der Waals surface area contributed by atoms with Gasteiger partial charge in [0, 0.05) is 30.2 Å². The van der Waals surface area contributed by atoms with Crippen molar-refractivity contribution in [1.29, 1.82) is 0 Å². The monoisotopic (exact) mass is 591 g/mol. The van der Waals surface area contributed by atoms with Gasteiger partial charge >= 0.3 is 12.3 Å². The second-order valence-electron chi connectivity index (χ2n) is 11.5. The molecule has 2 atom stereocenters. The molecule has 3 heterocycles. The van der Waals surface area contributed by atoms with E-state index in [1.54, 1.807) is 4.90 Å². The summed E-state index contributed by atoms with van der Waals surface area (Å²) in [4.78, 5) is 17.3. The van der Waals surface area contributed by atoms with Gasteiger partial charge in [-0.2, -0.15) is 17.5 Å². The van der Waals surface area contributed by atoms with Crippen LogP contribution in [0.2, 0.25) is 5.02 Å². The molecule has 1 amide bonds. The number of sulfonamides is 1. The van der Waals surface area contributed by atoms with E-state index in [9.17, 15) is 26.4 Å². The number of rotatable bonds is 6. The lowest BCUT2D eigenvalue weighted by Crippen LogP contribution is -2.58. The van der Waals surface area contributed by atoms with Crippen molar-refractivity contribution in [3.05, 3.63) is 29.3 Å². The van der Waals surface area contributed by atoms with E-state index >= 15 is 0 Å². The molecule has 218 valence electrons. The third kappa shape index (κ3) is 6.52. The number of amides is 1. The molecule has 1 aromatic carbocycles. The van der Waals surface area contributed by atoms with Crippen LogP contribution in [-0.4, -0.2) is 84.7 Å². The molecule has 3 aliphatic heterocycles. The lowest BCUT2D eigenvalue weighted by Gasteiger charge is -2.45. The molecule has 5 rings (SSSR count). The molecule has 0 aromatic heterocycles. The third-order valence-electron chi connectivity index (χ3n) is 8.81. The van der Waals surface area contributed by atoms with E-state index in [1.807, 2.05) is 0 Å². The highest BCUT2D eigenvalue weighted by molar-refractivity contribution is 7.89. The first-order chi connectivity index (χ1) is 18.5. The van der Waals surface area contributed by atoms with Crippen molar-refractivity contribution in [2.45, 2.75) is 105 Å². The summed E-state index contributed by atoms with van der Waals surface area (Å²) in [6.45, 7) is 3.31. The number of nitrogens with zero attached hydrogens (tertiary/aromatic N) is 3. The molecular weight excluding hydrogens is 555 g/mol. The van der Waals surface area contributed by atoms with Crippen molar-refractivity contribution < 1.29 is 31.1 Å². The van der Waals surface area contributed by atoms with Crippen molar-refractivity contribution in [2.24, 2.45) is 0 Å². The normalized spacial score (nSPS) is 27.3. The zero-order chi connectivity index (χ0) is 27.8. The van der Waals surface area contributed by atoms with E-state index in [-0.39, 0.29) is 11.3 Å². The molecule has 39 heavy (non-hydrogen) atoms. The highest BCUT2D eigenvalue weighted by atomic mass is 35.5. The molecule has 1 aromatic rings. The van der Waals surface area contributed by atoms with Crippen LogP contribution in [0, 0.1) is 0 Å². The Morgan fingerprint density at radius 3 is 2.18 bits per heavy atom. The second-order valence-corrected chi connectivity index (χ2v) is 13.7. The molecule has 0 bridgehead atoms. The smallest absolute Gasteiger partial charge is 0.410 e. The van der Waals surface area contributed by atoms with Gasteiger partial charge in [-0.3, -0.25) is 0 Å². The van der Waals surface area contributed by atoms with Crippen LogP contribution in [0.5, 0.6) is 0 Å². The van der Waals surface area contributed by atoms with Gasteiger partial charge < -0.3 is 14.5 Å². The van der Waals surface area contributed by atoms with Crippen molar-refractivity contribution in [2.75, 3.05) is 26.2 Å². The maximum absolute atomic E-state index is 13.8. The van der Waals surface area contributed by atoms with Gasteiger partial charge in [0.2, 0.25) is 10.0 Å². The van der Waals surface area contributed by atoms with Crippen molar-refractivity contribution in [3.63, 3.8) is 0 Å². The maximum Gasteiger partial charge on any atom is 0.410 e. The van der Waals surface area contributed by atoms with Crippen LogP contribution in [-0.2, 0) is 14.8 Å². The molecule has 1 saturated carbocycles. The number of hydrogen-bond acceptors (Lipinski definition) is 5. The first kappa shape index (κ1) is 29.0. The number of halogens is 4. The number of carbonyl (C=O) groups is 1. The number of ether oxygens (including phenoxy) is 1. The Morgan fingerprint density at radius 1 is 0.949 bits per heavy atom. The van der Waals surface area contributed by atoms with Crippen molar-refractivity contribution in [3.8, 4) is 0 Å². The number of carbonyl (C=O) groups excluding carboxylic acids is 1. The van der Waals surface area contributed by atoms with Crippen LogP contribution < -0.4 is 0 Å². The SMILES string of the molecule is O=C(OC1([C@H]2CCC[C@@H](CC(F)(F)F)N2S(=O)(=O)c2ccc(Cl)cc2)CC1)N1CCC(N2CCCCC2)CC1. The summed E-state index contributed by atoms with van der Waals surface area (Å²) in [7, 11) is -4.31.